The summed E-state index contributed by atoms with van der Waals surface area (Å²) in [7, 11) is 2.12. The molecule has 0 radical (unpaired) electrons. The van der Waals surface area contributed by atoms with Crippen LogP contribution >= 0.6 is 0 Å². The summed E-state index contributed by atoms with van der Waals surface area (Å²) in [5.74, 6) is 0.736. The molecule has 0 aromatic heterocycles. The molecule has 0 fully saturated rings. The minimum atomic E-state index is 0.704. The SMILES string of the molecule is CC1C=CN(C)C1C. The summed E-state index contributed by atoms with van der Waals surface area (Å²) in [6.07, 6.45) is 4.39. The number of rotatable bonds is 0. The molecule has 1 aliphatic rings. The van der Waals surface area contributed by atoms with E-state index in [-0.39, 0.29) is 0 Å². The molecule has 0 amide bonds. The van der Waals surface area contributed by atoms with Crippen molar-refractivity contribution in [2.75, 3.05) is 7.05 Å². The van der Waals surface area contributed by atoms with Crippen molar-refractivity contribution in [3.63, 3.8) is 0 Å². The summed E-state index contributed by atoms with van der Waals surface area (Å²) < 4.78 is 0. The van der Waals surface area contributed by atoms with E-state index >= 15 is 0 Å². The van der Waals surface area contributed by atoms with Crippen molar-refractivity contribution in [3.8, 4) is 0 Å². The molecule has 1 heterocycles. The molecule has 1 rings (SSSR count). The lowest BCUT2D eigenvalue weighted by atomic mass is 10.1. The van der Waals surface area contributed by atoms with Gasteiger partial charge in [0.1, 0.15) is 0 Å². The summed E-state index contributed by atoms with van der Waals surface area (Å²) in [6.45, 7) is 4.48. The molecule has 0 aromatic rings. The molecule has 8 heavy (non-hydrogen) atoms. The van der Waals surface area contributed by atoms with Crippen LogP contribution in [0.2, 0.25) is 0 Å². The van der Waals surface area contributed by atoms with E-state index in [1.165, 1.54) is 0 Å². The normalized spacial score (nSPS) is 36.6. The molecular weight excluding hydrogens is 98.1 g/mol. The quantitative estimate of drug-likeness (QED) is 0.457. The maximum atomic E-state index is 2.24. The first-order valence-corrected chi connectivity index (χ1v) is 3.12. The summed E-state index contributed by atoms with van der Waals surface area (Å²) in [5.41, 5.74) is 0. The van der Waals surface area contributed by atoms with Crippen LogP contribution in [-0.4, -0.2) is 18.0 Å². The van der Waals surface area contributed by atoms with E-state index in [0.717, 1.165) is 5.92 Å². The Morgan fingerprint density at radius 2 is 2.00 bits per heavy atom. The Hall–Kier alpha value is -0.460. The lowest BCUT2D eigenvalue weighted by molar-refractivity contribution is 0.333. The minimum Gasteiger partial charge on any atom is -0.377 e. The molecule has 0 saturated heterocycles. The molecule has 0 bridgehead atoms. The predicted octanol–water partition coefficient (Wildman–Crippen LogP) is 1.47. The van der Waals surface area contributed by atoms with Gasteiger partial charge in [0.15, 0.2) is 0 Å². The lowest BCUT2D eigenvalue weighted by Gasteiger charge is -2.18. The Morgan fingerprint density at radius 1 is 1.38 bits per heavy atom. The van der Waals surface area contributed by atoms with Crippen molar-refractivity contribution in [3.05, 3.63) is 12.3 Å². The Kier molecular flexibility index (Phi) is 1.28. The maximum Gasteiger partial charge on any atom is 0.0313 e. The fraction of sp³-hybridized carbons (Fsp3) is 0.714. The molecule has 2 unspecified atom stereocenters. The van der Waals surface area contributed by atoms with Gasteiger partial charge in [-0.05, 0) is 19.0 Å². The monoisotopic (exact) mass is 111 g/mol. The van der Waals surface area contributed by atoms with Crippen LogP contribution < -0.4 is 0 Å². The van der Waals surface area contributed by atoms with Gasteiger partial charge in [-0.2, -0.15) is 0 Å². The van der Waals surface area contributed by atoms with Crippen LogP contribution in [0, 0.1) is 5.92 Å². The van der Waals surface area contributed by atoms with Crippen LogP contribution in [-0.2, 0) is 0 Å². The molecule has 1 aliphatic heterocycles. The fourth-order valence-corrected chi connectivity index (χ4v) is 0.939. The fourth-order valence-electron chi connectivity index (χ4n) is 0.939. The smallest absolute Gasteiger partial charge is 0.0313 e. The van der Waals surface area contributed by atoms with Gasteiger partial charge in [-0.25, -0.2) is 0 Å². The third-order valence-corrected chi connectivity index (χ3v) is 2.03. The molecular formula is C7H13N. The average Bonchev–Trinajstić information content (AvgIpc) is 1.98. The zero-order valence-electron chi connectivity index (χ0n) is 5.76. The third kappa shape index (κ3) is 0.726. The predicted molar refractivity (Wildman–Crippen MR) is 35.5 cm³/mol. The molecule has 0 aliphatic carbocycles. The maximum absolute atomic E-state index is 2.24. The van der Waals surface area contributed by atoms with E-state index < -0.39 is 0 Å². The molecule has 2 atom stereocenters. The molecule has 0 N–H and O–H groups in total. The molecule has 0 spiro atoms. The molecule has 0 saturated carbocycles. The van der Waals surface area contributed by atoms with E-state index in [2.05, 4.69) is 38.1 Å². The van der Waals surface area contributed by atoms with Crippen molar-refractivity contribution in [1.29, 1.82) is 0 Å². The summed E-state index contributed by atoms with van der Waals surface area (Å²) in [6, 6.07) is 0.704. The van der Waals surface area contributed by atoms with Crippen LogP contribution in [0.5, 0.6) is 0 Å². The van der Waals surface area contributed by atoms with Crippen molar-refractivity contribution >= 4 is 0 Å². The Labute approximate surface area is 51.0 Å². The second-order valence-electron chi connectivity index (χ2n) is 2.61. The highest BCUT2D eigenvalue weighted by Gasteiger charge is 2.16. The summed E-state index contributed by atoms with van der Waals surface area (Å²) in [5, 5.41) is 0. The first-order valence-electron chi connectivity index (χ1n) is 3.12. The van der Waals surface area contributed by atoms with Gasteiger partial charge < -0.3 is 4.90 Å². The Morgan fingerprint density at radius 3 is 2.12 bits per heavy atom. The van der Waals surface area contributed by atoms with Gasteiger partial charge in [-0.15, -0.1) is 0 Å². The minimum absolute atomic E-state index is 0.704. The average molecular weight is 111 g/mol. The summed E-state index contributed by atoms with van der Waals surface area (Å²) >= 11 is 0. The standard InChI is InChI=1S/C7H13N/c1-6-4-5-8(3)7(6)2/h4-7H,1-3H3. The largest absolute Gasteiger partial charge is 0.377 e. The first kappa shape index (κ1) is 5.67. The first-order chi connectivity index (χ1) is 3.72. The number of hydrogen-bond donors (Lipinski definition) is 0. The van der Waals surface area contributed by atoms with Gasteiger partial charge in [0, 0.05) is 13.1 Å². The van der Waals surface area contributed by atoms with Gasteiger partial charge in [-0.3, -0.25) is 0 Å². The van der Waals surface area contributed by atoms with Crippen LogP contribution in [0.25, 0.3) is 0 Å². The van der Waals surface area contributed by atoms with Crippen LogP contribution in [0.4, 0.5) is 0 Å². The van der Waals surface area contributed by atoms with Gasteiger partial charge in [0.05, 0.1) is 0 Å². The highest BCUT2D eigenvalue weighted by atomic mass is 15.1. The Bertz CT molecular complexity index is 95.0. The second kappa shape index (κ2) is 1.81. The van der Waals surface area contributed by atoms with Crippen LogP contribution in [0.1, 0.15) is 13.8 Å². The topological polar surface area (TPSA) is 3.24 Å². The lowest BCUT2D eigenvalue weighted by Crippen LogP contribution is -2.23. The molecule has 1 nitrogen and oxygen atoms in total. The number of nitrogens with zero attached hydrogens (tertiary/aromatic N) is 1. The van der Waals surface area contributed by atoms with Crippen molar-refractivity contribution in [2.45, 2.75) is 19.9 Å². The van der Waals surface area contributed by atoms with Gasteiger partial charge in [-0.1, -0.05) is 13.0 Å². The van der Waals surface area contributed by atoms with Gasteiger partial charge in [0.25, 0.3) is 0 Å². The highest BCUT2D eigenvalue weighted by Crippen LogP contribution is 2.17. The zero-order chi connectivity index (χ0) is 6.15. The van der Waals surface area contributed by atoms with E-state index in [0.29, 0.717) is 6.04 Å². The molecule has 1 heteroatoms. The van der Waals surface area contributed by atoms with E-state index in [9.17, 15) is 0 Å². The zero-order valence-corrected chi connectivity index (χ0v) is 5.76. The molecule has 0 aromatic carbocycles. The van der Waals surface area contributed by atoms with Gasteiger partial charge in [0.2, 0.25) is 0 Å². The van der Waals surface area contributed by atoms with Crippen molar-refractivity contribution < 1.29 is 0 Å². The van der Waals surface area contributed by atoms with Crippen molar-refractivity contribution in [2.24, 2.45) is 5.92 Å². The highest BCUT2D eigenvalue weighted by molar-refractivity contribution is 4.99. The van der Waals surface area contributed by atoms with Crippen molar-refractivity contribution in [1.82, 2.24) is 4.90 Å². The number of hydrogen-bond acceptors (Lipinski definition) is 1. The van der Waals surface area contributed by atoms with E-state index in [1.807, 2.05) is 0 Å². The van der Waals surface area contributed by atoms with Crippen LogP contribution in [0.3, 0.4) is 0 Å². The van der Waals surface area contributed by atoms with E-state index in [4.69, 9.17) is 0 Å². The third-order valence-electron chi connectivity index (χ3n) is 2.03. The van der Waals surface area contributed by atoms with Crippen LogP contribution in [0.15, 0.2) is 12.3 Å². The summed E-state index contributed by atoms with van der Waals surface area (Å²) in [4.78, 5) is 2.24. The second-order valence-corrected chi connectivity index (χ2v) is 2.61. The van der Waals surface area contributed by atoms with Gasteiger partial charge >= 0.3 is 0 Å². The Balaban J connectivity index is 2.55. The van der Waals surface area contributed by atoms with E-state index in [1.54, 1.807) is 0 Å². The molecule has 46 valence electrons.